The minimum Gasteiger partial charge on any atom is -0.542 e. The highest BCUT2D eigenvalue weighted by Crippen LogP contribution is 2.16. The molecule has 0 aliphatic rings. The second-order valence-electron chi connectivity index (χ2n) is 9.88. The number of carboxylic acids is 1. The fourth-order valence-corrected chi connectivity index (χ4v) is 4.16. The summed E-state index contributed by atoms with van der Waals surface area (Å²) in [6, 6.07) is 0. The molecule has 0 heterocycles. The maximum Gasteiger partial charge on any atom is 0.430 e. The quantitative estimate of drug-likeness (QED) is 0.124. The number of halogens is 3. The lowest BCUT2D eigenvalue weighted by atomic mass is 10.1. The van der Waals surface area contributed by atoms with Crippen LogP contribution in [0.5, 0.6) is 0 Å². The Balaban J connectivity index is 0. The lowest BCUT2D eigenvalue weighted by Crippen LogP contribution is -2.46. The Hall–Kier alpha value is -0.780. The van der Waals surface area contributed by atoms with Crippen molar-refractivity contribution >= 4 is 5.97 Å². The van der Waals surface area contributed by atoms with E-state index in [0.29, 0.717) is 0 Å². The van der Waals surface area contributed by atoms with Crippen LogP contribution in [-0.4, -0.2) is 43.3 Å². The highest BCUT2D eigenvalue weighted by atomic mass is 19.4. The second-order valence-corrected chi connectivity index (χ2v) is 9.88. The molecule has 0 spiro atoms. The van der Waals surface area contributed by atoms with Crippen LogP contribution >= 0.6 is 0 Å². The van der Waals surface area contributed by atoms with Crippen LogP contribution in [0.4, 0.5) is 13.2 Å². The van der Waals surface area contributed by atoms with E-state index in [0.717, 1.165) is 0 Å². The van der Waals surface area contributed by atoms with E-state index in [2.05, 4.69) is 27.8 Å². The van der Waals surface area contributed by atoms with Crippen molar-refractivity contribution in [3.8, 4) is 0 Å². The van der Waals surface area contributed by atoms with Gasteiger partial charge in [0.1, 0.15) is 5.97 Å². The van der Waals surface area contributed by atoms with E-state index < -0.39 is 12.1 Å². The maximum absolute atomic E-state index is 10.5. The third-order valence-corrected chi connectivity index (χ3v) is 6.39. The Kier molecular flexibility index (Phi) is 24.0. The highest BCUT2D eigenvalue weighted by molar-refractivity contribution is 5.70. The van der Waals surface area contributed by atoms with Crippen LogP contribution in [0.3, 0.4) is 0 Å². The zero-order chi connectivity index (χ0) is 25.4. The molecule has 0 aromatic carbocycles. The summed E-state index contributed by atoms with van der Waals surface area (Å²) in [5.74, 6) is -3.01. The molecular formula is C27H54F3NO2. The van der Waals surface area contributed by atoms with Gasteiger partial charge in [-0.3, -0.25) is 0 Å². The molecule has 0 bridgehead atoms. The van der Waals surface area contributed by atoms with Crippen molar-refractivity contribution in [2.45, 2.75) is 143 Å². The van der Waals surface area contributed by atoms with Gasteiger partial charge in [-0.2, -0.15) is 13.2 Å². The largest absolute Gasteiger partial charge is 0.542 e. The van der Waals surface area contributed by atoms with Gasteiger partial charge in [-0.05, 0) is 38.5 Å². The van der Waals surface area contributed by atoms with Crippen molar-refractivity contribution in [2.24, 2.45) is 0 Å². The first-order valence-corrected chi connectivity index (χ1v) is 13.7. The first-order chi connectivity index (χ1) is 15.6. The van der Waals surface area contributed by atoms with Gasteiger partial charge < -0.3 is 14.4 Å². The number of hydrogen-bond donors (Lipinski definition) is 0. The number of unbranched alkanes of at least 4 members (excludes halogenated alkanes) is 15. The topological polar surface area (TPSA) is 40.1 Å². The molecule has 0 fully saturated rings. The number of hydrogen-bond acceptors (Lipinski definition) is 2. The molecule has 200 valence electrons. The zero-order valence-electron chi connectivity index (χ0n) is 22.2. The van der Waals surface area contributed by atoms with Gasteiger partial charge in [-0.25, -0.2) is 0 Å². The lowest BCUT2D eigenvalue weighted by Gasteiger charge is -2.35. The van der Waals surface area contributed by atoms with Gasteiger partial charge in [0.2, 0.25) is 0 Å². The molecule has 0 aromatic rings. The molecule has 3 nitrogen and oxygen atoms in total. The number of quaternary nitrogens is 1. The highest BCUT2D eigenvalue weighted by Gasteiger charge is 2.28. The Morgan fingerprint density at radius 2 is 0.788 bits per heavy atom. The Morgan fingerprint density at radius 1 is 0.576 bits per heavy atom. The number of rotatable bonds is 21. The molecule has 0 atom stereocenters. The Labute approximate surface area is 203 Å². The maximum atomic E-state index is 10.5. The molecule has 0 saturated heterocycles. The first-order valence-electron chi connectivity index (χ1n) is 13.7. The van der Waals surface area contributed by atoms with Crippen LogP contribution in [0.2, 0.25) is 0 Å². The molecule has 0 aliphatic heterocycles. The molecule has 0 amide bonds. The molecule has 0 rings (SSSR count). The summed E-state index contributed by atoms with van der Waals surface area (Å²) >= 11 is 0. The monoisotopic (exact) mass is 481 g/mol. The summed E-state index contributed by atoms with van der Waals surface area (Å²) in [5.41, 5.74) is 0. The van der Waals surface area contributed by atoms with E-state index >= 15 is 0 Å². The zero-order valence-corrected chi connectivity index (χ0v) is 22.2. The minimum absolute atomic E-state index is 1.36. The standard InChI is InChI=1S/C25H54N.C2HF3O2/c1-5-8-11-14-17-20-23-26(4,24-21-18-15-12-9-6-2)25-22-19-16-13-10-7-3;3-2(4,5)1(6)7/h5-25H2,1-4H3;(H,6,7)/q+1;/p-1. The van der Waals surface area contributed by atoms with Crippen molar-refractivity contribution in [3.63, 3.8) is 0 Å². The molecule has 6 heteroatoms. The van der Waals surface area contributed by atoms with E-state index in [4.69, 9.17) is 9.90 Å². The van der Waals surface area contributed by atoms with Crippen molar-refractivity contribution in [3.05, 3.63) is 0 Å². The number of carboxylic acid groups (broad SMARTS) is 1. The third kappa shape index (κ3) is 25.7. The molecule has 0 aromatic heterocycles. The summed E-state index contributed by atoms with van der Waals surface area (Å²) in [6.07, 6.45) is 20.7. The lowest BCUT2D eigenvalue weighted by molar-refractivity contribution is -0.910. The molecule has 0 aliphatic carbocycles. The molecule has 0 unspecified atom stereocenters. The van der Waals surface area contributed by atoms with Gasteiger partial charge in [0.05, 0.1) is 26.7 Å². The van der Waals surface area contributed by atoms with Gasteiger partial charge >= 0.3 is 6.18 Å². The predicted octanol–water partition coefficient (Wildman–Crippen LogP) is 7.81. The average molecular weight is 482 g/mol. The third-order valence-electron chi connectivity index (χ3n) is 6.39. The van der Waals surface area contributed by atoms with Crippen LogP contribution in [-0.2, 0) is 4.79 Å². The summed E-state index contributed by atoms with van der Waals surface area (Å²) in [4.78, 5) is 8.78. The Morgan fingerprint density at radius 3 is 1.00 bits per heavy atom. The van der Waals surface area contributed by atoms with Crippen LogP contribution in [0, 0.1) is 0 Å². The number of alkyl halides is 3. The van der Waals surface area contributed by atoms with Crippen LogP contribution in [0.1, 0.15) is 136 Å². The first kappa shape index (κ1) is 34.4. The summed E-state index contributed by atoms with van der Waals surface area (Å²) in [7, 11) is 2.56. The van der Waals surface area contributed by atoms with Crippen LogP contribution in [0.15, 0.2) is 0 Å². The predicted molar refractivity (Wildman–Crippen MR) is 132 cm³/mol. The second kappa shape index (κ2) is 23.0. The van der Waals surface area contributed by atoms with E-state index in [1.54, 1.807) is 0 Å². The molecule has 0 radical (unpaired) electrons. The van der Waals surface area contributed by atoms with Crippen molar-refractivity contribution < 1.29 is 27.6 Å². The fraction of sp³-hybridized carbons (Fsp3) is 0.963. The van der Waals surface area contributed by atoms with Crippen LogP contribution in [0.25, 0.3) is 0 Å². The molecule has 33 heavy (non-hydrogen) atoms. The number of nitrogens with zero attached hydrogens (tertiary/aromatic N) is 1. The van der Waals surface area contributed by atoms with Crippen molar-refractivity contribution in [2.75, 3.05) is 26.7 Å². The van der Waals surface area contributed by atoms with Gasteiger partial charge in [0, 0.05) is 0 Å². The summed E-state index contributed by atoms with van der Waals surface area (Å²) in [5, 5.41) is 8.78. The van der Waals surface area contributed by atoms with Gasteiger partial charge in [-0.1, -0.05) is 97.8 Å². The molecule has 0 N–H and O–H groups in total. The van der Waals surface area contributed by atoms with E-state index in [1.807, 2.05) is 0 Å². The number of aliphatic carboxylic acids is 1. The smallest absolute Gasteiger partial charge is 0.430 e. The van der Waals surface area contributed by atoms with Crippen molar-refractivity contribution in [1.82, 2.24) is 0 Å². The normalized spacial score (nSPS) is 11.8. The SMILES string of the molecule is CCCCCCCC[N+](C)(CCCCCCCC)CCCCCCCC.O=C([O-])C(F)(F)F. The average Bonchev–Trinajstić information content (AvgIpc) is 2.75. The fourth-order valence-electron chi connectivity index (χ4n) is 4.16. The molecular weight excluding hydrogens is 427 g/mol. The Bertz CT molecular complexity index is 387. The van der Waals surface area contributed by atoms with E-state index in [-0.39, 0.29) is 0 Å². The van der Waals surface area contributed by atoms with Gasteiger partial charge in [0.15, 0.2) is 0 Å². The molecule has 0 saturated carbocycles. The number of carbonyl (C=O) groups is 1. The van der Waals surface area contributed by atoms with Gasteiger partial charge in [0.25, 0.3) is 0 Å². The van der Waals surface area contributed by atoms with Gasteiger partial charge in [-0.15, -0.1) is 0 Å². The number of carbonyl (C=O) groups excluding carboxylic acids is 1. The van der Waals surface area contributed by atoms with E-state index in [1.165, 1.54) is 140 Å². The summed E-state index contributed by atoms with van der Waals surface area (Å²) < 4.78 is 32.9. The van der Waals surface area contributed by atoms with Crippen molar-refractivity contribution in [1.29, 1.82) is 0 Å². The summed E-state index contributed by atoms with van der Waals surface area (Å²) in [6.45, 7) is 11.2. The van der Waals surface area contributed by atoms with E-state index in [9.17, 15) is 13.2 Å². The minimum atomic E-state index is -5.19. The van der Waals surface area contributed by atoms with Crippen LogP contribution < -0.4 is 5.11 Å².